The van der Waals surface area contributed by atoms with Crippen LogP contribution >= 0.6 is 15.9 Å². The summed E-state index contributed by atoms with van der Waals surface area (Å²) in [5.74, 6) is 0.806. The van der Waals surface area contributed by atoms with E-state index in [1.165, 1.54) is 0 Å². The first-order chi connectivity index (χ1) is 9.67. The zero-order valence-corrected chi connectivity index (χ0v) is 13.9. The van der Waals surface area contributed by atoms with E-state index in [9.17, 15) is 0 Å². The lowest BCUT2D eigenvalue weighted by Crippen LogP contribution is -2.15. The number of ether oxygens (including phenoxy) is 4. The van der Waals surface area contributed by atoms with Gasteiger partial charge in [0.15, 0.2) is 0 Å². The summed E-state index contributed by atoms with van der Waals surface area (Å²) in [5, 5.41) is 0. The number of hydrogen-bond acceptors (Lipinski definition) is 4. The van der Waals surface area contributed by atoms with Crippen molar-refractivity contribution < 1.29 is 18.9 Å². The second-order valence-corrected chi connectivity index (χ2v) is 5.24. The minimum Gasteiger partial charge on any atom is -0.490 e. The van der Waals surface area contributed by atoms with Crippen molar-refractivity contribution in [2.24, 2.45) is 0 Å². The van der Waals surface area contributed by atoms with Crippen molar-refractivity contribution >= 4 is 15.9 Å². The van der Waals surface area contributed by atoms with E-state index >= 15 is 0 Å². The van der Waals surface area contributed by atoms with Gasteiger partial charge in [0.1, 0.15) is 12.4 Å². The Morgan fingerprint density at radius 3 is 2.75 bits per heavy atom. The Bertz CT molecular complexity index is 384. The van der Waals surface area contributed by atoms with Crippen molar-refractivity contribution in [2.75, 3.05) is 33.5 Å². The van der Waals surface area contributed by atoms with E-state index < -0.39 is 0 Å². The number of hydrogen-bond donors (Lipinski definition) is 0. The molecule has 1 aromatic rings. The molecule has 0 fully saturated rings. The molecule has 1 aromatic carbocycles. The fourth-order valence-electron chi connectivity index (χ4n) is 1.66. The number of rotatable bonds is 10. The van der Waals surface area contributed by atoms with Crippen LogP contribution in [-0.2, 0) is 20.8 Å². The van der Waals surface area contributed by atoms with Crippen molar-refractivity contribution in [3.05, 3.63) is 28.2 Å². The zero-order valence-electron chi connectivity index (χ0n) is 12.4. The van der Waals surface area contributed by atoms with E-state index in [2.05, 4.69) is 15.9 Å². The van der Waals surface area contributed by atoms with E-state index in [1.807, 2.05) is 32.0 Å². The molecule has 0 saturated carbocycles. The molecule has 0 aliphatic rings. The van der Waals surface area contributed by atoms with Gasteiger partial charge in [-0.05, 0) is 47.5 Å². The van der Waals surface area contributed by atoms with Crippen LogP contribution in [-0.4, -0.2) is 39.6 Å². The third kappa shape index (κ3) is 6.70. The van der Waals surface area contributed by atoms with E-state index in [4.69, 9.17) is 18.9 Å². The molecule has 0 aliphatic carbocycles. The molecule has 0 spiro atoms. The standard InChI is InChI=1S/C15H23BrO4/c1-4-19-12(2)10-18-11-13-5-6-14(16)15(9-13)20-8-7-17-3/h5-6,9,12H,4,7-8,10-11H2,1-3H3. The van der Waals surface area contributed by atoms with Gasteiger partial charge in [0.05, 0.1) is 30.4 Å². The molecular formula is C15H23BrO4. The Morgan fingerprint density at radius 2 is 2.05 bits per heavy atom. The highest BCUT2D eigenvalue weighted by molar-refractivity contribution is 9.10. The number of methoxy groups -OCH3 is 1. The summed E-state index contributed by atoms with van der Waals surface area (Å²) < 4.78 is 22.6. The van der Waals surface area contributed by atoms with E-state index in [1.54, 1.807) is 7.11 Å². The molecular weight excluding hydrogens is 324 g/mol. The topological polar surface area (TPSA) is 36.9 Å². The predicted octanol–water partition coefficient (Wildman–Crippen LogP) is 3.42. The molecule has 1 rings (SSSR count). The lowest BCUT2D eigenvalue weighted by molar-refractivity contribution is -0.00717. The second-order valence-electron chi connectivity index (χ2n) is 4.39. The SMILES string of the molecule is CCOC(C)COCc1ccc(Br)c(OCCOC)c1. The lowest BCUT2D eigenvalue weighted by Gasteiger charge is -2.13. The molecule has 0 heterocycles. The molecule has 0 saturated heterocycles. The van der Waals surface area contributed by atoms with E-state index in [0.717, 1.165) is 15.8 Å². The molecule has 114 valence electrons. The average Bonchev–Trinajstić information content (AvgIpc) is 2.42. The van der Waals surface area contributed by atoms with Gasteiger partial charge < -0.3 is 18.9 Å². The van der Waals surface area contributed by atoms with Crippen molar-refractivity contribution in [1.82, 2.24) is 0 Å². The minimum atomic E-state index is 0.118. The van der Waals surface area contributed by atoms with Gasteiger partial charge in [0.25, 0.3) is 0 Å². The molecule has 1 atom stereocenters. The van der Waals surface area contributed by atoms with Gasteiger partial charge in [-0.2, -0.15) is 0 Å². The van der Waals surface area contributed by atoms with Crippen molar-refractivity contribution in [1.29, 1.82) is 0 Å². The highest BCUT2D eigenvalue weighted by Crippen LogP contribution is 2.26. The lowest BCUT2D eigenvalue weighted by atomic mass is 10.2. The van der Waals surface area contributed by atoms with Gasteiger partial charge in [-0.15, -0.1) is 0 Å². The summed E-state index contributed by atoms with van der Waals surface area (Å²) in [4.78, 5) is 0. The first-order valence-electron chi connectivity index (χ1n) is 6.76. The Morgan fingerprint density at radius 1 is 1.25 bits per heavy atom. The minimum absolute atomic E-state index is 0.118. The van der Waals surface area contributed by atoms with Gasteiger partial charge in [-0.1, -0.05) is 6.07 Å². The van der Waals surface area contributed by atoms with Crippen LogP contribution in [0.15, 0.2) is 22.7 Å². The number of benzene rings is 1. The van der Waals surface area contributed by atoms with Gasteiger partial charge in [-0.3, -0.25) is 0 Å². The van der Waals surface area contributed by atoms with E-state index in [-0.39, 0.29) is 6.10 Å². The van der Waals surface area contributed by atoms with Gasteiger partial charge in [0, 0.05) is 13.7 Å². The van der Waals surface area contributed by atoms with Gasteiger partial charge >= 0.3 is 0 Å². The Balaban J connectivity index is 2.43. The molecule has 0 bridgehead atoms. The Kier molecular flexibility index (Phi) is 8.85. The maximum atomic E-state index is 5.63. The number of halogens is 1. The fraction of sp³-hybridized carbons (Fsp3) is 0.600. The van der Waals surface area contributed by atoms with Crippen LogP contribution in [0.1, 0.15) is 19.4 Å². The summed E-state index contributed by atoms with van der Waals surface area (Å²) in [7, 11) is 1.65. The Hall–Kier alpha value is -0.620. The molecule has 4 nitrogen and oxygen atoms in total. The van der Waals surface area contributed by atoms with Crippen LogP contribution < -0.4 is 4.74 Å². The van der Waals surface area contributed by atoms with Gasteiger partial charge in [-0.25, -0.2) is 0 Å². The predicted molar refractivity (Wildman–Crippen MR) is 82.3 cm³/mol. The van der Waals surface area contributed by atoms with Crippen LogP contribution in [0.5, 0.6) is 5.75 Å². The van der Waals surface area contributed by atoms with Crippen LogP contribution in [0.2, 0.25) is 0 Å². The third-order valence-corrected chi connectivity index (χ3v) is 3.27. The maximum absolute atomic E-state index is 5.63. The van der Waals surface area contributed by atoms with Crippen LogP contribution in [0, 0.1) is 0 Å². The summed E-state index contributed by atoms with van der Waals surface area (Å²) in [6.45, 7) is 6.93. The largest absolute Gasteiger partial charge is 0.490 e. The summed E-state index contributed by atoms with van der Waals surface area (Å²) in [6, 6.07) is 5.95. The molecule has 0 N–H and O–H groups in total. The smallest absolute Gasteiger partial charge is 0.133 e. The molecule has 5 heteroatoms. The molecule has 20 heavy (non-hydrogen) atoms. The normalized spacial score (nSPS) is 12.4. The fourth-order valence-corrected chi connectivity index (χ4v) is 2.02. The van der Waals surface area contributed by atoms with Gasteiger partial charge in [0.2, 0.25) is 0 Å². The van der Waals surface area contributed by atoms with E-state index in [0.29, 0.717) is 33.0 Å². The molecule has 0 radical (unpaired) electrons. The highest BCUT2D eigenvalue weighted by Gasteiger charge is 2.05. The summed E-state index contributed by atoms with van der Waals surface area (Å²) in [5.41, 5.74) is 1.07. The molecule has 1 unspecified atom stereocenters. The quantitative estimate of drug-likeness (QED) is 0.608. The average molecular weight is 347 g/mol. The highest BCUT2D eigenvalue weighted by atomic mass is 79.9. The summed E-state index contributed by atoms with van der Waals surface area (Å²) in [6.07, 6.45) is 0.118. The first-order valence-corrected chi connectivity index (χ1v) is 7.56. The monoisotopic (exact) mass is 346 g/mol. The van der Waals surface area contributed by atoms with Crippen molar-refractivity contribution in [2.45, 2.75) is 26.6 Å². The van der Waals surface area contributed by atoms with Crippen LogP contribution in [0.3, 0.4) is 0 Å². The third-order valence-electron chi connectivity index (χ3n) is 2.61. The second kappa shape index (κ2) is 10.2. The maximum Gasteiger partial charge on any atom is 0.133 e. The summed E-state index contributed by atoms with van der Waals surface area (Å²) >= 11 is 3.47. The zero-order chi connectivity index (χ0) is 14.8. The van der Waals surface area contributed by atoms with Crippen molar-refractivity contribution in [3.63, 3.8) is 0 Å². The van der Waals surface area contributed by atoms with Crippen LogP contribution in [0.25, 0.3) is 0 Å². The molecule has 0 aromatic heterocycles. The Labute approximate surface area is 129 Å². The first kappa shape index (κ1) is 17.4. The molecule has 0 amide bonds. The van der Waals surface area contributed by atoms with Crippen LogP contribution in [0.4, 0.5) is 0 Å². The van der Waals surface area contributed by atoms with Crippen molar-refractivity contribution in [3.8, 4) is 5.75 Å². The molecule has 0 aliphatic heterocycles.